The Kier molecular flexibility index (Phi) is 8.85. The van der Waals surface area contributed by atoms with Crippen molar-refractivity contribution in [3.8, 4) is 22.6 Å². The second-order valence-corrected chi connectivity index (χ2v) is 20.0. The highest BCUT2D eigenvalue weighted by atomic mass is 28.3. The lowest BCUT2D eigenvalue weighted by Gasteiger charge is -2.41. The number of benzene rings is 2. The number of likely N-dealkylation sites (tertiary alicyclic amines) is 1. The molecule has 1 N–H and O–H groups in total. The van der Waals surface area contributed by atoms with Crippen LogP contribution in [0.4, 0.5) is 23.2 Å². The van der Waals surface area contributed by atoms with Gasteiger partial charge in [-0.15, -0.1) is 0 Å². The minimum Gasteiger partial charge on any atom is -0.464 e. The first-order valence-corrected chi connectivity index (χ1v) is 20.0. The molecule has 0 aliphatic carbocycles. The summed E-state index contributed by atoms with van der Waals surface area (Å²) in [5, 5.41) is 3.29. The zero-order valence-corrected chi connectivity index (χ0v) is 28.9. The number of carbonyl (C=O) groups excluding carboxylic acids is 1. The number of alkyl halides is 2. The molecule has 3 aliphatic rings. The molecule has 264 valence electrons. The third-order valence-corrected chi connectivity index (χ3v) is 10.6. The summed E-state index contributed by atoms with van der Waals surface area (Å²) in [5.41, 5.74) is 1.92. The molecule has 0 unspecified atom stereocenters. The van der Waals surface area contributed by atoms with Crippen LogP contribution in [0, 0.1) is 17.0 Å². The number of ether oxygens (including phenoxy) is 4. The van der Waals surface area contributed by atoms with Gasteiger partial charge in [0.1, 0.15) is 24.7 Å². The Morgan fingerprint density at radius 1 is 1.04 bits per heavy atom. The molecule has 2 saturated heterocycles. The number of amides is 1. The average Bonchev–Trinajstić information content (AvgIpc) is 3.42. The molecule has 4 aromatic rings. The number of hydrogen-bond acceptors (Lipinski definition) is 8. The number of aliphatic imine (C=N–C) groups is 1. The van der Waals surface area contributed by atoms with Crippen LogP contribution in [0.5, 0.6) is 11.5 Å². The van der Waals surface area contributed by atoms with Gasteiger partial charge < -0.3 is 33.7 Å². The van der Waals surface area contributed by atoms with Crippen LogP contribution in [0.3, 0.4) is 0 Å². The molecule has 2 aromatic carbocycles. The maximum atomic E-state index is 15.5. The van der Waals surface area contributed by atoms with Gasteiger partial charge >= 0.3 is 0 Å². The third kappa shape index (κ3) is 7.07. The fourth-order valence-electron chi connectivity index (χ4n) is 5.92. The van der Waals surface area contributed by atoms with Crippen LogP contribution in [-0.4, -0.2) is 86.4 Å². The van der Waals surface area contributed by atoms with Gasteiger partial charge in [-0.1, -0.05) is 31.8 Å². The van der Waals surface area contributed by atoms with E-state index in [0.29, 0.717) is 55.1 Å². The number of nitrogens with zero attached hydrogens (tertiary/aromatic N) is 4. The summed E-state index contributed by atoms with van der Waals surface area (Å²) >= 11 is 0. The molecule has 3 aliphatic heterocycles. The normalized spacial score (nSPS) is 17.9. The van der Waals surface area contributed by atoms with E-state index in [2.05, 4.69) is 34.9 Å². The number of hydrogen-bond donors (Lipinski definition) is 1. The highest BCUT2D eigenvalue weighted by Crippen LogP contribution is 2.40. The summed E-state index contributed by atoms with van der Waals surface area (Å²) in [6.07, 6.45) is 3.28. The fraction of sp³-hybridized carbons (Fsp3) is 0.400. The minimum absolute atomic E-state index is 0.102. The van der Waals surface area contributed by atoms with Gasteiger partial charge in [0.05, 0.1) is 43.6 Å². The molecule has 0 saturated carbocycles. The van der Waals surface area contributed by atoms with Crippen molar-refractivity contribution in [3.05, 3.63) is 72.1 Å². The Labute approximate surface area is 287 Å². The van der Waals surface area contributed by atoms with Crippen LogP contribution in [-0.2, 0) is 20.9 Å². The number of aromatic nitrogens is 2. The topological polar surface area (TPSA) is 99.4 Å². The van der Waals surface area contributed by atoms with Crippen LogP contribution in [0.15, 0.2) is 59.9 Å². The third-order valence-electron chi connectivity index (χ3n) is 8.87. The smallest absolute Gasteiger partial charge is 0.289 e. The molecular weight excluding hydrogens is 674 g/mol. The number of halogens is 4. The van der Waals surface area contributed by atoms with E-state index in [1.54, 1.807) is 35.0 Å². The summed E-state index contributed by atoms with van der Waals surface area (Å²) in [6, 6.07) is 11.3. The summed E-state index contributed by atoms with van der Waals surface area (Å²) in [7, 11) is -1.35. The molecule has 2 fully saturated rings. The highest BCUT2D eigenvalue weighted by molar-refractivity contribution is 6.76. The Morgan fingerprint density at radius 3 is 2.36 bits per heavy atom. The lowest BCUT2D eigenvalue weighted by molar-refractivity contribution is -0.132. The monoisotopic (exact) mass is 711 g/mol. The molecule has 1 spiro atoms. The number of pyridine rings is 1. The Bertz CT molecular complexity index is 1930. The van der Waals surface area contributed by atoms with Crippen LogP contribution >= 0.6 is 0 Å². The van der Waals surface area contributed by atoms with Gasteiger partial charge in [-0.05, 0) is 29.8 Å². The van der Waals surface area contributed by atoms with Gasteiger partial charge in [-0.3, -0.25) is 4.79 Å². The fourth-order valence-corrected chi connectivity index (χ4v) is 6.67. The standard InChI is InChI=1S/C35H37F4N5O5Si/c1-50(2,3)11-10-46-21-43-14-25(22-4-6-23(7-5-22)32(45)44-16-35(38,39)17-44)29-28(8-9-40-31(29)43)49-30-26(36)12-24(13-27(30)37)42-33-41-15-34(20-48-33)18-47-19-34/h4-9,12-14H,10-11,15-21H2,1-3H3,(H,41,42). The van der Waals surface area contributed by atoms with Crippen molar-refractivity contribution in [2.24, 2.45) is 10.4 Å². The number of nitrogens with one attached hydrogen (secondary N) is 1. The zero-order chi connectivity index (χ0) is 35.3. The summed E-state index contributed by atoms with van der Waals surface area (Å²) in [6.45, 7) is 8.25. The minimum atomic E-state index is -2.87. The quantitative estimate of drug-likeness (QED) is 0.108. The van der Waals surface area contributed by atoms with E-state index in [0.717, 1.165) is 23.1 Å². The Balaban J connectivity index is 1.17. The average molecular weight is 712 g/mol. The molecule has 15 heteroatoms. The Hall–Kier alpha value is -4.47. The molecular formula is C35H37F4N5O5Si. The first-order valence-electron chi connectivity index (χ1n) is 16.3. The lowest BCUT2D eigenvalue weighted by Crippen LogP contribution is -2.58. The first-order chi connectivity index (χ1) is 23.8. The molecule has 1 amide bonds. The van der Waals surface area contributed by atoms with E-state index in [1.165, 1.54) is 12.3 Å². The predicted molar refractivity (Wildman–Crippen MR) is 182 cm³/mol. The van der Waals surface area contributed by atoms with Gasteiger partial charge in [0, 0.05) is 56.0 Å². The van der Waals surface area contributed by atoms with Crippen LogP contribution in [0.2, 0.25) is 25.7 Å². The molecule has 2 aromatic heterocycles. The number of carbonyl (C=O) groups is 1. The summed E-state index contributed by atoms with van der Waals surface area (Å²) in [4.78, 5) is 22.7. The Morgan fingerprint density at radius 2 is 1.76 bits per heavy atom. The van der Waals surface area contributed by atoms with Crippen LogP contribution in [0.1, 0.15) is 10.4 Å². The van der Waals surface area contributed by atoms with Gasteiger partial charge in [-0.25, -0.2) is 27.5 Å². The number of rotatable bonds is 10. The predicted octanol–water partition coefficient (Wildman–Crippen LogP) is 6.99. The van der Waals surface area contributed by atoms with Crippen molar-refractivity contribution in [3.63, 3.8) is 0 Å². The summed E-state index contributed by atoms with van der Waals surface area (Å²) in [5.74, 6) is -5.74. The molecule has 0 radical (unpaired) electrons. The number of amidine groups is 1. The lowest BCUT2D eigenvalue weighted by atomic mass is 9.87. The van der Waals surface area contributed by atoms with Crippen molar-refractivity contribution < 1.29 is 41.3 Å². The van der Waals surface area contributed by atoms with E-state index in [-0.39, 0.29) is 35.2 Å². The van der Waals surface area contributed by atoms with E-state index in [9.17, 15) is 13.6 Å². The van der Waals surface area contributed by atoms with Crippen molar-refractivity contribution in [2.45, 2.75) is 38.3 Å². The largest absolute Gasteiger partial charge is 0.464 e. The van der Waals surface area contributed by atoms with E-state index in [4.69, 9.17) is 18.9 Å². The zero-order valence-electron chi connectivity index (χ0n) is 27.9. The van der Waals surface area contributed by atoms with Crippen molar-refractivity contribution in [1.82, 2.24) is 14.5 Å². The molecule has 7 rings (SSSR count). The van der Waals surface area contributed by atoms with Crippen molar-refractivity contribution in [1.29, 1.82) is 0 Å². The molecule has 0 bridgehead atoms. The maximum Gasteiger partial charge on any atom is 0.289 e. The van der Waals surface area contributed by atoms with Gasteiger partial charge in [0.15, 0.2) is 17.4 Å². The van der Waals surface area contributed by atoms with Gasteiger partial charge in [0.2, 0.25) is 0 Å². The second kappa shape index (κ2) is 13.0. The van der Waals surface area contributed by atoms with E-state index in [1.807, 2.05) is 0 Å². The molecule has 0 atom stereocenters. The molecule has 10 nitrogen and oxygen atoms in total. The highest BCUT2D eigenvalue weighted by Gasteiger charge is 2.46. The molecule has 5 heterocycles. The second-order valence-electron chi connectivity index (χ2n) is 14.4. The maximum absolute atomic E-state index is 15.5. The van der Waals surface area contributed by atoms with Crippen LogP contribution in [0.25, 0.3) is 22.2 Å². The number of fused-ring (bicyclic) bond motifs is 1. The van der Waals surface area contributed by atoms with Crippen molar-refractivity contribution in [2.75, 3.05) is 51.4 Å². The van der Waals surface area contributed by atoms with Gasteiger partial charge in [0.25, 0.3) is 17.9 Å². The number of anilines is 1. The van der Waals surface area contributed by atoms with E-state index < -0.39 is 50.4 Å². The van der Waals surface area contributed by atoms with E-state index >= 15 is 8.78 Å². The SMILES string of the molecule is C[Si](C)(C)CCOCn1cc(-c2ccc(C(=O)N3CC(F)(F)C3)cc2)c2c(Oc3c(F)cc(NC4=NCC5(COC5)CO4)cc3F)ccnc21. The molecule has 50 heavy (non-hydrogen) atoms. The first kappa shape index (κ1) is 34.0. The summed E-state index contributed by atoms with van der Waals surface area (Å²) < 4.78 is 82.5. The van der Waals surface area contributed by atoms with Gasteiger partial charge in [-0.2, -0.15) is 0 Å². The van der Waals surface area contributed by atoms with Crippen LogP contribution < -0.4 is 10.1 Å². The van der Waals surface area contributed by atoms with Crippen molar-refractivity contribution >= 4 is 36.7 Å².